The molecule has 0 bridgehead atoms. The molecular formula is C17H16N4O2S. The smallest absolute Gasteiger partial charge is 0.270 e. The van der Waals surface area contributed by atoms with Crippen molar-refractivity contribution < 1.29 is 4.79 Å². The van der Waals surface area contributed by atoms with Gasteiger partial charge < -0.3 is 5.32 Å². The lowest BCUT2D eigenvalue weighted by Gasteiger charge is -2.04. The monoisotopic (exact) mass is 340 g/mol. The molecule has 1 amide bonds. The normalized spacial score (nSPS) is 10.5. The fourth-order valence-electron chi connectivity index (χ4n) is 2.17. The van der Waals surface area contributed by atoms with Crippen LogP contribution in [0.1, 0.15) is 16.9 Å². The number of benzene rings is 1. The number of carbonyl (C=O) groups is 1. The van der Waals surface area contributed by atoms with Gasteiger partial charge in [-0.15, -0.1) is 11.3 Å². The summed E-state index contributed by atoms with van der Waals surface area (Å²) in [5.41, 5.74) is 1.26. The van der Waals surface area contributed by atoms with Crippen LogP contribution in [0.15, 0.2) is 58.8 Å². The van der Waals surface area contributed by atoms with Gasteiger partial charge in [-0.05, 0) is 12.5 Å². The van der Waals surface area contributed by atoms with Crippen molar-refractivity contribution in [3.63, 3.8) is 0 Å². The highest BCUT2D eigenvalue weighted by Crippen LogP contribution is 2.23. The third-order valence-electron chi connectivity index (χ3n) is 3.38. The van der Waals surface area contributed by atoms with E-state index >= 15 is 0 Å². The number of hydrogen-bond donors (Lipinski definition) is 1. The Morgan fingerprint density at radius 3 is 2.79 bits per heavy atom. The highest BCUT2D eigenvalue weighted by atomic mass is 32.1. The maximum Gasteiger partial charge on any atom is 0.270 e. The molecule has 0 aliphatic rings. The maximum absolute atomic E-state index is 12.1. The number of thiazole rings is 1. The molecule has 1 N–H and O–H groups in total. The minimum Gasteiger partial charge on any atom is -0.351 e. The molecule has 0 saturated heterocycles. The summed E-state index contributed by atoms with van der Waals surface area (Å²) in [4.78, 5) is 28.0. The largest absolute Gasteiger partial charge is 0.351 e. The molecule has 0 unspecified atom stereocenters. The van der Waals surface area contributed by atoms with Crippen LogP contribution in [0.2, 0.25) is 0 Å². The number of nitrogens with one attached hydrogen (secondary N) is 1. The lowest BCUT2D eigenvalue weighted by Crippen LogP contribution is -2.27. The van der Waals surface area contributed by atoms with Crippen molar-refractivity contribution in [1.82, 2.24) is 20.1 Å². The standard InChI is InChI=1S/C17H16N4O2S/c22-15-8-4-10-19-21(15)11-5-9-18-16(23)14-12-24-17(20-14)13-6-2-1-3-7-13/h1-4,6-8,10,12H,5,9,11H2,(H,18,23). The number of aryl methyl sites for hydroxylation is 1. The molecule has 7 heteroatoms. The molecule has 122 valence electrons. The summed E-state index contributed by atoms with van der Waals surface area (Å²) < 4.78 is 1.38. The van der Waals surface area contributed by atoms with Crippen molar-refractivity contribution in [3.8, 4) is 10.6 Å². The molecule has 0 fully saturated rings. The van der Waals surface area contributed by atoms with Crippen LogP contribution in [0.25, 0.3) is 10.6 Å². The molecule has 6 nitrogen and oxygen atoms in total. The first kappa shape index (κ1) is 16.1. The topological polar surface area (TPSA) is 76.9 Å². The number of hydrogen-bond acceptors (Lipinski definition) is 5. The summed E-state index contributed by atoms with van der Waals surface area (Å²) >= 11 is 1.44. The number of aromatic nitrogens is 3. The van der Waals surface area contributed by atoms with Crippen LogP contribution in [-0.2, 0) is 6.54 Å². The molecular weight excluding hydrogens is 324 g/mol. The van der Waals surface area contributed by atoms with Crippen molar-refractivity contribution in [1.29, 1.82) is 0 Å². The van der Waals surface area contributed by atoms with Crippen molar-refractivity contribution in [2.45, 2.75) is 13.0 Å². The van der Waals surface area contributed by atoms with E-state index in [1.54, 1.807) is 17.6 Å². The van der Waals surface area contributed by atoms with Crippen LogP contribution >= 0.6 is 11.3 Å². The zero-order valence-electron chi connectivity index (χ0n) is 12.9. The Bertz CT molecular complexity index is 873. The molecule has 0 saturated carbocycles. The van der Waals surface area contributed by atoms with Crippen LogP contribution in [0.3, 0.4) is 0 Å². The Kier molecular flexibility index (Phi) is 5.12. The highest BCUT2D eigenvalue weighted by Gasteiger charge is 2.11. The lowest BCUT2D eigenvalue weighted by molar-refractivity contribution is 0.0948. The molecule has 0 aliphatic heterocycles. The molecule has 0 aliphatic carbocycles. The first-order valence-electron chi connectivity index (χ1n) is 7.55. The number of nitrogens with zero attached hydrogens (tertiary/aromatic N) is 3. The van der Waals surface area contributed by atoms with Gasteiger partial charge in [-0.3, -0.25) is 9.59 Å². The van der Waals surface area contributed by atoms with Crippen molar-refractivity contribution in [2.24, 2.45) is 0 Å². The Morgan fingerprint density at radius 1 is 1.17 bits per heavy atom. The second-order valence-corrected chi connectivity index (χ2v) is 5.96. The Morgan fingerprint density at radius 2 is 2.00 bits per heavy atom. The second-order valence-electron chi connectivity index (χ2n) is 5.10. The Labute approximate surface area is 142 Å². The molecule has 24 heavy (non-hydrogen) atoms. The first-order chi connectivity index (χ1) is 11.7. The van der Waals surface area contributed by atoms with Gasteiger partial charge in [0.1, 0.15) is 10.7 Å². The van der Waals surface area contributed by atoms with Crippen LogP contribution in [0.4, 0.5) is 0 Å². The van der Waals surface area contributed by atoms with E-state index in [1.807, 2.05) is 30.3 Å². The van der Waals surface area contributed by atoms with E-state index < -0.39 is 0 Å². The van der Waals surface area contributed by atoms with Crippen LogP contribution < -0.4 is 10.9 Å². The van der Waals surface area contributed by atoms with Gasteiger partial charge in [0.15, 0.2) is 0 Å². The summed E-state index contributed by atoms with van der Waals surface area (Å²) in [5.74, 6) is -0.207. The molecule has 1 aromatic carbocycles. The lowest BCUT2D eigenvalue weighted by atomic mass is 10.2. The molecule has 0 radical (unpaired) electrons. The first-order valence-corrected chi connectivity index (χ1v) is 8.43. The molecule has 2 aromatic heterocycles. The number of amides is 1. The third-order valence-corrected chi connectivity index (χ3v) is 4.27. The molecule has 2 heterocycles. The second kappa shape index (κ2) is 7.65. The summed E-state index contributed by atoms with van der Waals surface area (Å²) in [6, 6.07) is 12.8. The average molecular weight is 340 g/mol. The van der Waals surface area contributed by atoms with Crippen molar-refractivity contribution >= 4 is 17.2 Å². The average Bonchev–Trinajstić information content (AvgIpc) is 3.11. The van der Waals surface area contributed by atoms with Gasteiger partial charge in [0, 0.05) is 36.3 Å². The van der Waals surface area contributed by atoms with E-state index in [0.717, 1.165) is 10.6 Å². The highest BCUT2D eigenvalue weighted by molar-refractivity contribution is 7.13. The Hall–Kier alpha value is -2.80. The SMILES string of the molecule is O=C(NCCCn1ncccc1=O)c1csc(-c2ccccc2)n1. The van der Waals surface area contributed by atoms with Gasteiger partial charge in [-0.25, -0.2) is 9.67 Å². The van der Waals surface area contributed by atoms with Gasteiger partial charge in [-0.1, -0.05) is 30.3 Å². The predicted molar refractivity (Wildman–Crippen MR) is 93.0 cm³/mol. The van der Waals surface area contributed by atoms with Gasteiger partial charge in [-0.2, -0.15) is 5.10 Å². The zero-order valence-corrected chi connectivity index (χ0v) is 13.7. The van der Waals surface area contributed by atoms with Gasteiger partial charge in [0.25, 0.3) is 11.5 Å². The minimum atomic E-state index is -0.207. The molecule has 0 atom stereocenters. The predicted octanol–water partition coefficient (Wildman–Crippen LogP) is 2.19. The zero-order chi connectivity index (χ0) is 16.8. The fraction of sp³-hybridized carbons (Fsp3) is 0.176. The van der Waals surface area contributed by atoms with Gasteiger partial charge in [0.2, 0.25) is 0 Å². The number of carbonyl (C=O) groups excluding carboxylic acids is 1. The van der Waals surface area contributed by atoms with Gasteiger partial charge >= 0.3 is 0 Å². The Balaban J connectivity index is 1.52. The van der Waals surface area contributed by atoms with Gasteiger partial charge in [0.05, 0.1) is 0 Å². The third kappa shape index (κ3) is 3.94. The van der Waals surface area contributed by atoms with E-state index in [1.165, 1.54) is 22.1 Å². The van der Waals surface area contributed by atoms with Crippen LogP contribution in [-0.4, -0.2) is 27.2 Å². The summed E-state index contributed by atoms with van der Waals surface area (Å²) in [6.07, 6.45) is 2.19. The maximum atomic E-state index is 12.1. The molecule has 3 rings (SSSR count). The minimum absolute atomic E-state index is 0.143. The molecule has 3 aromatic rings. The van der Waals surface area contributed by atoms with E-state index in [9.17, 15) is 9.59 Å². The fourth-order valence-corrected chi connectivity index (χ4v) is 2.97. The van der Waals surface area contributed by atoms with Crippen LogP contribution in [0.5, 0.6) is 0 Å². The van der Waals surface area contributed by atoms with E-state index in [-0.39, 0.29) is 11.5 Å². The summed E-state index contributed by atoms with van der Waals surface area (Å²) in [6.45, 7) is 0.923. The van der Waals surface area contributed by atoms with Crippen LogP contribution in [0, 0.1) is 0 Å². The van der Waals surface area contributed by atoms with Crippen molar-refractivity contribution in [2.75, 3.05) is 6.54 Å². The molecule has 0 spiro atoms. The summed E-state index contributed by atoms with van der Waals surface area (Å²) in [5, 5.41) is 9.36. The van der Waals surface area contributed by atoms with E-state index in [4.69, 9.17) is 0 Å². The van der Waals surface area contributed by atoms with E-state index in [0.29, 0.717) is 25.2 Å². The van der Waals surface area contributed by atoms with Crippen molar-refractivity contribution in [3.05, 3.63) is 70.1 Å². The number of rotatable bonds is 6. The summed E-state index contributed by atoms with van der Waals surface area (Å²) in [7, 11) is 0. The van der Waals surface area contributed by atoms with E-state index in [2.05, 4.69) is 15.4 Å². The quantitative estimate of drug-likeness (QED) is 0.698.